The topological polar surface area (TPSA) is 124 Å². The van der Waals surface area contributed by atoms with Gasteiger partial charge in [0.15, 0.2) is 5.82 Å². The number of amides is 1. The number of halogens is 3. The predicted octanol–water partition coefficient (Wildman–Crippen LogP) is 7.08. The molecule has 0 saturated heterocycles. The normalized spacial score (nSPS) is 22.2. The van der Waals surface area contributed by atoms with E-state index in [1.54, 1.807) is 25.1 Å². The SMILES string of the molecule is CCOC(=O)CNC(=O)c1cc(F)c2nc([C@@]3(O)C4=CC[C@@H]3C[C@@H](OCc3c(-c5c(Cl)cccc5Cl)noc3C3CC3)C4)sc2c1. The average molecular weight is 687 g/mol. The minimum Gasteiger partial charge on any atom is -0.465 e. The van der Waals surface area contributed by atoms with Crippen LogP contribution < -0.4 is 5.32 Å². The molecular weight excluding hydrogens is 656 g/mol. The molecule has 1 amide bonds. The molecule has 2 aromatic carbocycles. The number of aromatic nitrogens is 2. The monoisotopic (exact) mass is 685 g/mol. The Morgan fingerprint density at radius 3 is 2.74 bits per heavy atom. The highest BCUT2D eigenvalue weighted by atomic mass is 35.5. The molecule has 0 radical (unpaired) electrons. The number of rotatable bonds is 10. The largest absolute Gasteiger partial charge is 0.465 e. The van der Waals surface area contributed by atoms with Crippen LogP contribution in [0.25, 0.3) is 21.5 Å². The summed E-state index contributed by atoms with van der Waals surface area (Å²) in [5, 5.41) is 20.2. The van der Waals surface area contributed by atoms with E-state index in [-0.39, 0.29) is 42.9 Å². The number of carbonyl (C=O) groups is 2. The van der Waals surface area contributed by atoms with Gasteiger partial charge in [0.25, 0.3) is 5.91 Å². The minimum atomic E-state index is -1.37. The molecule has 4 aromatic rings. The molecule has 0 aliphatic heterocycles. The number of carbonyl (C=O) groups excluding carboxylic acids is 2. The number of benzene rings is 2. The molecule has 2 N–H and O–H groups in total. The lowest BCUT2D eigenvalue weighted by molar-refractivity contribution is -0.141. The van der Waals surface area contributed by atoms with E-state index in [0.717, 1.165) is 47.1 Å². The van der Waals surface area contributed by atoms with E-state index in [0.29, 0.717) is 56.2 Å². The summed E-state index contributed by atoms with van der Waals surface area (Å²) in [6, 6.07) is 7.91. The van der Waals surface area contributed by atoms with Crippen LogP contribution in [-0.2, 0) is 26.5 Å². The van der Waals surface area contributed by atoms with E-state index in [1.807, 2.05) is 6.08 Å². The Kier molecular flexibility index (Phi) is 8.39. The van der Waals surface area contributed by atoms with Gasteiger partial charge in [0.2, 0.25) is 0 Å². The van der Waals surface area contributed by atoms with Crippen LogP contribution in [0.2, 0.25) is 10.0 Å². The van der Waals surface area contributed by atoms with Crippen LogP contribution in [0.1, 0.15) is 71.6 Å². The first-order valence-electron chi connectivity index (χ1n) is 15.2. The molecule has 0 spiro atoms. The van der Waals surface area contributed by atoms with Gasteiger partial charge in [0.1, 0.15) is 34.1 Å². The molecule has 2 bridgehead atoms. The molecule has 2 fully saturated rings. The van der Waals surface area contributed by atoms with Crippen molar-refractivity contribution in [2.75, 3.05) is 13.2 Å². The molecule has 13 heteroatoms. The number of hydrogen-bond acceptors (Lipinski definition) is 9. The second-order valence-corrected chi connectivity index (χ2v) is 13.7. The molecule has 0 unspecified atom stereocenters. The van der Waals surface area contributed by atoms with Crippen LogP contribution in [0.3, 0.4) is 0 Å². The van der Waals surface area contributed by atoms with Gasteiger partial charge in [-0.2, -0.15) is 0 Å². The summed E-state index contributed by atoms with van der Waals surface area (Å²) < 4.78 is 32.7. The first-order valence-corrected chi connectivity index (χ1v) is 16.7. The summed E-state index contributed by atoms with van der Waals surface area (Å²) in [7, 11) is 0. The fourth-order valence-electron chi connectivity index (χ4n) is 6.46. The Hall–Kier alpha value is -3.35. The van der Waals surface area contributed by atoms with Gasteiger partial charge in [0, 0.05) is 28.5 Å². The van der Waals surface area contributed by atoms with Gasteiger partial charge in [-0.25, -0.2) is 9.37 Å². The smallest absolute Gasteiger partial charge is 0.325 e. The number of nitrogens with zero attached hydrogens (tertiary/aromatic N) is 2. The van der Waals surface area contributed by atoms with Crippen molar-refractivity contribution in [2.45, 2.75) is 63.3 Å². The maximum atomic E-state index is 15.2. The van der Waals surface area contributed by atoms with E-state index in [1.165, 1.54) is 6.07 Å². The summed E-state index contributed by atoms with van der Waals surface area (Å²) in [6.45, 7) is 1.78. The highest BCUT2D eigenvalue weighted by Gasteiger charge is 2.52. The summed E-state index contributed by atoms with van der Waals surface area (Å²) >= 11 is 14.2. The first kappa shape index (κ1) is 31.3. The van der Waals surface area contributed by atoms with Crippen molar-refractivity contribution in [3.8, 4) is 11.3 Å². The Morgan fingerprint density at radius 1 is 1.24 bits per heavy atom. The van der Waals surface area contributed by atoms with Crippen LogP contribution in [0.5, 0.6) is 0 Å². The minimum absolute atomic E-state index is 0.0486. The highest BCUT2D eigenvalue weighted by molar-refractivity contribution is 7.18. The number of thiazole rings is 1. The zero-order chi connectivity index (χ0) is 32.2. The van der Waals surface area contributed by atoms with Crippen LogP contribution >= 0.6 is 34.5 Å². The molecule has 7 rings (SSSR count). The number of esters is 1. The van der Waals surface area contributed by atoms with Gasteiger partial charge in [0.05, 0.1) is 34.1 Å². The van der Waals surface area contributed by atoms with Crippen molar-refractivity contribution in [3.05, 3.63) is 79.7 Å². The summed E-state index contributed by atoms with van der Waals surface area (Å²) in [5.41, 5.74) is 1.58. The lowest BCUT2D eigenvalue weighted by Crippen LogP contribution is -2.41. The van der Waals surface area contributed by atoms with Crippen molar-refractivity contribution in [1.82, 2.24) is 15.5 Å². The third-order valence-electron chi connectivity index (χ3n) is 8.89. The predicted molar refractivity (Wildman–Crippen MR) is 170 cm³/mol. The molecule has 3 atom stereocenters. The molecule has 3 aliphatic rings. The van der Waals surface area contributed by atoms with E-state index < -0.39 is 23.3 Å². The molecule has 46 heavy (non-hydrogen) atoms. The third-order valence-corrected chi connectivity index (χ3v) is 10.6. The van der Waals surface area contributed by atoms with Gasteiger partial charge in [-0.05, 0) is 68.9 Å². The van der Waals surface area contributed by atoms with Crippen molar-refractivity contribution in [1.29, 1.82) is 0 Å². The molecule has 240 valence electrons. The Morgan fingerprint density at radius 2 is 2.02 bits per heavy atom. The van der Waals surface area contributed by atoms with Crippen molar-refractivity contribution < 1.29 is 33.1 Å². The van der Waals surface area contributed by atoms with Gasteiger partial charge < -0.3 is 24.4 Å². The Bertz CT molecular complexity index is 1870. The van der Waals surface area contributed by atoms with E-state index in [2.05, 4.69) is 15.5 Å². The molecule has 3 aliphatic carbocycles. The maximum absolute atomic E-state index is 15.2. The first-order chi connectivity index (χ1) is 22.2. The van der Waals surface area contributed by atoms with Crippen molar-refractivity contribution in [2.24, 2.45) is 5.92 Å². The van der Waals surface area contributed by atoms with Crippen molar-refractivity contribution >= 4 is 56.6 Å². The molecule has 2 heterocycles. The number of ether oxygens (including phenoxy) is 2. The summed E-state index contributed by atoms with van der Waals surface area (Å²) in [5.74, 6) is -1.01. The zero-order valence-electron chi connectivity index (χ0n) is 24.8. The number of allylic oxidation sites excluding steroid dienone is 1. The second kappa shape index (κ2) is 12.4. The highest BCUT2D eigenvalue weighted by Crippen LogP contribution is 2.54. The second-order valence-electron chi connectivity index (χ2n) is 11.9. The fourth-order valence-corrected chi connectivity index (χ4v) is 8.26. The van der Waals surface area contributed by atoms with Gasteiger partial charge in [-0.3, -0.25) is 9.59 Å². The van der Waals surface area contributed by atoms with E-state index in [4.69, 9.17) is 37.2 Å². The molecular formula is C33H30Cl2FN3O6S. The Balaban J connectivity index is 1.09. The standard InChI is InChI=1S/C33H30Cl2FN3O6S/c1-2-43-26(40)14-37-31(41)17-10-24(36)29-25(11-17)46-32(38-29)33(42)18-8-9-19(33)13-20(12-18)44-15-21-28(39-45-30(21)16-6-7-16)27-22(34)4-3-5-23(27)35/h3-5,8,10-11,16,19-20,42H,2,6-7,9,12-15H2,1H3,(H,37,41)/t19-,20+,33-/m1/s1. The van der Waals surface area contributed by atoms with Crippen molar-refractivity contribution in [3.63, 3.8) is 0 Å². The third kappa shape index (κ3) is 5.62. The Labute approximate surface area is 277 Å². The number of hydrogen-bond donors (Lipinski definition) is 2. The van der Waals surface area contributed by atoms with Gasteiger partial charge in [-0.1, -0.05) is 40.5 Å². The summed E-state index contributed by atoms with van der Waals surface area (Å²) in [6.07, 6.45) is 5.54. The van der Waals surface area contributed by atoms with Crippen LogP contribution in [0.4, 0.5) is 4.39 Å². The molecule has 2 saturated carbocycles. The summed E-state index contributed by atoms with van der Waals surface area (Å²) in [4.78, 5) is 28.8. The van der Waals surface area contributed by atoms with E-state index >= 15 is 4.39 Å². The lowest BCUT2D eigenvalue weighted by atomic mass is 9.75. The van der Waals surface area contributed by atoms with Crippen LogP contribution in [-0.4, -0.2) is 46.4 Å². The fraction of sp³-hybridized carbons (Fsp3) is 0.394. The lowest BCUT2D eigenvalue weighted by Gasteiger charge is -2.39. The molecule has 9 nitrogen and oxygen atoms in total. The van der Waals surface area contributed by atoms with Gasteiger partial charge >= 0.3 is 5.97 Å². The quantitative estimate of drug-likeness (QED) is 0.134. The molecule has 2 aromatic heterocycles. The van der Waals surface area contributed by atoms with Crippen LogP contribution in [0.15, 0.2) is 46.5 Å². The number of fused-ring (bicyclic) bond motifs is 3. The van der Waals surface area contributed by atoms with Crippen LogP contribution in [0, 0.1) is 11.7 Å². The number of nitrogens with one attached hydrogen (secondary N) is 1. The van der Waals surface area contributed by atoms with E-state index in [9.17, 15) is 14.7 Å². The zero-order valence-corrected chi connectivity index (χ0v) is 27.1. The average Bonchev–Trinajstić information content (AvgIpc) is 3.60. The maximum Gasteiger partial charge on any atom is 0.325 e. The van der Waals surface area contributed by atoms with Gasteiger partial charge in [-0.15, -0.1) is 11.3 Å². The number of aliphatic hydroxyl groups is 1.